The van der Waals surface area contributed by atoms with Gasteiger partial charge in [0.25, 0.3) is 0 Å². The van der Waals surface area contributed by atoms with Crippen molar-refractivity contribution >= 4 is 28.2 Å². The molecule has 2 unspecified atom stereocenters. The fourth-order valence-corrected chi connectivity index (χ4v) is 5.53. The number of allylic oxidation sites excluding steroid dienone is 5. The maximum absolute atomic E-state index is 6.53. The topological polar surface area (TPSA) is 39.2 Å². The van der Waals surface area contributed by atoms with Crippen molar-refractivity contribution in [3.63, 3.8) is 0 Å². The average Bonchev–Trinajstić information content (AvgIpc) is 3.31. The molecule has 4 rings (SSSR count). The Morgan fingerprint density at radius 1 is 1.08 bits per heavy atom. The summed E-state index contributed by atoms with van der Waals surface area (Å²) in [6.07, 6.45) is 18.3. The van der Waals surface area contributed by atoms with Gasteiger partial charge in [-0.2, -0.15) is 0 Å². The molecule has 2 N–H and O–H groups in total. The van der Waals surface area contributed by atoms with E-state index in [0.717, 1.165) is 48.7 Å². The molecule has 2 heteroatoms. The zero-order chi connectivity index (χ0) is 26.4. The van der Waals surface area contributed by atoms with Crippen LogP contribution < -0.4 is 16.4 Å². The predicted molar refractivity (Wildman–Crippen MR) is 160 cm³/mol. The Morgan fingerprint density at radius 2 is 1.84 bits per heavy atom. The Bertz CT molecular complexity index is 1410. The summed E-state index contributed by atoms with van der Waals surface area (Å²) in [5, 5.41) is 2.47. The quantitative estimate of drug-likeness (QED) is 0.229. The summed E-state index contributed by atoms with van der Waals surface area (Å²) in [4.78, 5) is 0. The largest absolute Gasteiger partial charge is 0.456 e. The Morgan fingerprint density at radius 3 is 2.51 bits per heavy atom. The van der Waals surface area contributed by atoms with Crippen LogP contribution in [0.4, 0.5) is 0 Å². The number of nitrogens with two attached hydrogens (primary N) is 1. The summed E-state index contributed by atoms with van der Waals surface area (Å²) in [6.45, 7) is 11.4. The third kappa shape index (κ3) is 5.69. The third-order valence-corrected chi connectivity index (χ3v) is 8.26. The van der Waals surface area contributed by atoms with Gasteiger partial charge < -0.3 is 10.2 Å². The number of hydrogen-bond donors (Lipinski definition) is 1. The van der Waals surface area contributed by atoms with E-state index in [1.807, 2.05) is 6.08 Å². The van der Waals surface area contributed by atoms with Crippen LogP contribution in [0.5, 0.6) is 0 Å². The van der Waals surface area contributed by atoms with Crippen LogP contribution in [-0.2, 0) is 5.41 Å². The van der Waals surface area contributed by atoms with Crippen molar-refractivity contribution in [3.8, 4) is 0 Å². The normalized spacial score (nSPS) is 17.5. The molecule has 1 aliphatic rings. The van der Waals surface area contributed by atoms with E-state index in [0.29, 0.717) is 11.8 Å². The Labute approximate surface area is 223 Å². The van der Waals surface area contributed by atoms with Crippen LogP contribution >= 0.6 is 0 Å². The zero-order valence-corrected chi connectivity index (χ0v) is 23.3. The van der Waals surface area contributed by atoms with Crippen LogP contribution in [0.3, 0.4) is 0 Å². The lowest BCUT2D eigenvalue weighted by Gasteiger charge is -2.27. The first-order valence-electron chi connectivity index (χ1n) is 14.0. The fourth-order valence-electron chi connectivity index (χ4n) is 5.53. The van der Waals surface area contributed by atoms with Crippen molar-refractivity contribution in [2.75, 3.05) is 0 Å². The average molecular weight is 494 g/mol. The van der Waals surface area contributed by atoms with E-state index in [1.165, 1.54) is 27.3 Å². The number of rotatable bonds is 10. The third-order valence-electron chi connectivity index (χ3n) is 8.26. The van der Waals surface area contributed by atoms with E-state index in [1.54, 1.807) is 6.20 Å². The van der Waals surface area contributed by atoms with Crippen LogP contribution in [0.15, 0.2) is 83.5 Å². The Hall–Kier alpha value is -3.26. The van der Waals surface area contributed by atoms with Crippen molar-refractivity contribution in [2.24, 2.45) is 17.6 Å². The summed E-state index contributed by atoms with van der Waals surface area (Å²) in [7, 11) is 0. The minimum absolute atomic E-state index is 0.173. The zero-order valence-electron chi connectivity index (χ0n) is 23.3. The molecule has 0 saturated carbocycles. The van der Waals surface area contributed by atoms with Gasteiger partial charge in [-0.05, 0) is 90.0 Å². The van der Waals surface area contributed by atoms with Crippen LogP contribution in [-0.4, -0.2) is 0 Å². The molecule has 0 radical (unpaired) electrons. The number of furan rings is 1. The molecule has 1 aromatic heterocycles. The minimum atomic E-state index is 0.173. The van der Waals surface area contributed by atoms with E-state index >= 15 is 0 Å². The van der Waals surface area contributed by atoms with Crippen LogP contribution in [0.1, 0.15) is 77.8 Å². The molecule has 2 atom stereocenters. The second-order valence-corrected chi connectivity index (χ2v) is 10.9. The molecule has 2 aromatic carbocycles. The summed E-state index contributed by atoms with van der Waals surface area (Å²) in [6, 6.07) is 17.4. The number of para-hydroxylation sites is 1. The first-order valence-corrected chi connectivity index (χ1v) is 14.0. The lowest BCUT2D eigenvalue weighted by Crippen LogP contribution is -2.32. The molecule has 1 aliphatic carbocycles. The Kier molecular flexibility index (Phi) is 8.59. The lowest BCUT2D eigenvalue weighted by molar-refractivity contribution is 0.459. The van der Waals surface area contributed by atoms with Gasteiger partial charge in [-0.3, -0.25) is 0 Å². The first-order chi connectivity index (χ1) is 17.9. The van der Waals surface area contributed by atoms with Crippen molar-refractivity contribution in [3.05, 3.63) is 101 Å². The second kappa shape index (κ2) is 11.9. The monoisotopic (exact) mass is 493 g/mol. The van der Waals surface area contributed by atoms with Gasteiger partial charge in [0.05, 0.1) is 0 Å². The van der Waals surface area contributed by atoms with Gasteiger partial charge in [-0.25, -0.2) is 0 Å². The Balaban J connectivity index is 1.80. The first kappa shape index (κ1) is 26.8. The molecule has 0 spiro atoms. The summed E-state index contributed by atoms with van der Waals surface area (Å²) in [5.74, 6) is 0.915. The summed E-state index contributed by atoms with van der Waals surface area (Å²) >= 11 is 0. The molecule has 0 bridgehead atoms. The van der Waals surface area contributed by atoms with Crippen molar-refractivity contribution in [2.45, 2.75) is 72.1 Å². The predicted octanol–water partition coefficient (Wildman–Crippen LogP) is 8.01. The van der Waals surface area contributed by atoms with Crippen molar-refractivity contribution < 1.29 is 4.42 Å². The fraction of sp³-hybridized carbons (Fsp3) is 0.371. The van der Waals surface area contributed by atoms with Gasteiger partial charge in [0.2, 0.25) is 0 Å². The smallest absolute Gasteiger partial charge is 0.135 e. The molecule has 0 saturated heterocycles. The molecule has 0 amide bonds. The van der Waals surface area contributed by atoms with Gasteiger partial charge in [0, 0.05) is 10.6 Å². The van der Waals surface area contributed by atoms with E-state index in [9.17, 15) is 0 Å². The van der Waals surface area contributed by atoms with Crippen molar-refractivity contribution in [1.82, 2.24) is 0 Å². The highest BCUT2D eigenvalue weighted by molar-refractivity contribution is 5.81. The minimum Gasteiger partial charge on any atom is -0.456 e. The molecule has 0 aliphatic heterocycles. The van der Waals surface area contributed by atoms with E-state index < -0.39 is 0 Å². The summed E-state index contributed by atoms with van der Waals surface area (Å²) < 4.78 is 6.53. The van der Waals surface area contributed by atoms with Crippen LogP contribution in [0.2, 0.25) is 0 Å². The second-order valence-electron chi connectivity index (χ2n) is 10.9. The van der Waals surface area contributed by atoms with E-state index in [4.69, 9.17) is 10.2 Å². The molecule has 37 heavy (non-hydrogen) atoms. The van der Waals surface area contributed by atoms with Crippen LogP contribution in [0.25, 0.3) is 28.2 Å². The maximum Gasteiger partial charge on any atom is 0.135 e. The maximum atomic E-state index is 6.53. The standard InChI is InChI=1S/C35H43NO/c1-6-9-12-25(7-2)29-21-22-32-30-13-10-11-14-33(30)37-34(32)31(29)20-17-27(23-24-36)26-15-18-28(19-16-26)35(4,5)8-3/h9-19,22-25,29H,6-8,20-21,36H2,1-5H3/b12-9?,24-23-,27-17+. The SMILES string of the molecule is CCC=CC(CC)C1CC=c2c(oc3ccccc23)=C1C/C=C(\C=C/N)c1ccc(C(C)(C)CC)cc1. The van der Waals surface area contributed by atoms with Crippen LogP contribution in [0, 0.1) is 11.8 Å². The molecule has 2 nitrogen and oxygen atoms in total. The molecule has 1 heterocycles. The van der Waals surface area contributed by atoms with Gasteiger partial charge in [0.1, 0.15) is 11.0 Å². The lowest BCUT2D eigenvalue weighted by atomic mass is 9.77. The highest BCUT2D eigenvalue weighted by Gasteiger charge is 2.26. The molecule has 3 aromatic rings. The van der Waals surface area contributed by atoms with E-state index in [2.05, 4.69) is 107 Å². The molecule has 194 valence electrons. The van der Waals surface area contributed by atoms with Gasteiger partial charge in [0.15, 0.2) is 0 Å². The summed E-state index contributed by atoms with van der Waals surface area (Å²) in [5.41, 5.74) is 13.2. The molecule has 0 fully saturated rings. The van der Waals surface area contributed by atoms with Gasteiger partial charge in [-0.15, -0.1) is 0 Å². The van der Waals surface area contributed by atoms with E-state index in [-0.39, 0.29) is 5.41 Å². The van der Waals surface area contributed by atoms with Gasteiger partial charge >= 0.3 is 0 Å². The number of fused-ring (bicyclic) bond motifs is 3. The number of hydrogen-bond acceptors (Lipinski definition) is 2. The van der Waals surface area contributed by atoms with Gasteiger partial charge in [-0.1, -0.05) is 101 Å². The highest BCUT2D eigenvalue weighted by Crippen LogP contribution is 2.34. The molecular weight excluding hydrogens is 450 g/mol. The van der Waals surface area contributed by atoms with Crippen molar-refractivity contribution in [1.29, 1.82) is 0 Å². The molecular formula is C35H43NO. The highest BCUT2D eigenvalue weighted by atomic mass is 16.3. The number of benzene rings is 2.